The molecule has 3 aromatic rings. The zero-order valence-electron chi connectivity index (χ0n) is 15.4. The summed E-state index contributed by atoms with van der Waals surface area (Å²) in [7, 11) is 0. The van der Waals surface area contributed by atoms with Gasteiger partial charge in [-0.15, -0.1) is 0 Å². The van der Waals surface area contributed by atoms with Crippen LogP contribution in [0.5, 0.6) is 0 Å². The van der Waals surface area contributed by atoms with Gasteiger partial charge >= 0.3 is 0 Å². The van der Waals surface area contributed by atoms with Gasteiger partial charge in [0.2, 0.25) is 0 Å². The molecule has 0 spiro atoms. The zero-order chi connectivity index (χ0) is 18.8. The molecular weight excluding hydrogens is 400 g/mol. The summed E-state index contributed by atoms with van der Waals surface area (Å²) in [5.41, 5.74) is 2.73. The Bertz CT molecular complexity index is 960. The third-order valence-corrected chi connectivity index (χ3v) is 6.08. The third kappa shape index (κ3) is 3.86. The number of anilines is 2. The van der Waals surface area contributed by atoms with Crippen molar-refractivity contribution in [2.75, 3.05) is 23.3 Å². The van der Waals surface area contributed by atoms with Crippen LogP contribution in [-0.4, -0.2) is 19.0 Å². The second-order valence-electron chi connectivity index (χ2n) is 7.31. The minimum absolute atomic E-state index is 0.0850. The van der Waals surface area contributed by atoms with Gasteiger partial charge in [-0.05, 0) is 65.9 Å². The molecule has 1 N–H and O–H groups in total. The highest BCUT2D eigenvalue weighted by atomic mass is 79.9. The lowest BCUT2D eigenvalue weighted by atomic mass is 9.99. The smallest absolute Gasteiger partial charge is 0.256 e. The van der Waals surface area contributed by atoms with Crippen molar-refractivity contribution in [3.05, 3.63) is 70.7 Å². The largest absolute Gasteiger partial charge is 0.372 e. The number of nitrogens with zero attached hydrogens (tertiary/aromatic N) is 1. The highest BCUT2D eigenvalue weighted by molar-refractivity contribution is 9.10. The topological polar surface area (TPSA) is 32.3 Å². The van der Waals surface area contributed by atoms with Crippen molar-refractivity contribution in [1.29, 1.82) is 0 Å². The van der Waals surface area contributed by atoms with E-state index in [4.69, 9.17) is 0 Å². The number of carbonyl (C=O) groups excluding carboxylic acids is 1. The molecule has 0 aliphatic carbocycles. The number of carbonyl (C=O) groups is 1. The lowest BCUT2D eigenvalue weighted by Gasteiger charge is -2.32. The molecule has 3 nitrogen and oxygen atoms in total. The monoisotopic (exact) mass is 422 g/mol. The van der Waals surface area contributed by atoms with Crippen molar-refractivity contribution < 1.29 is 4.79 Å². The number of amides is 1. The Hall–Kier alpha value is -2.33. The maximum Gasteiger partial charge on any atom is 0.256 e. The molecule has 1 aliphatic rings. The molecule has 0 aromatic heterocycles. The number of nitrogens with one attached hydrogen (secondary N) is 1. The first-order chi connectivity index (χ1) is 13.1. The number of fused-ring (bicyclic) bond motifs is 1. The predicted octanol–water partition coefficient (Wildman–Crippen LogP) is 6.09. The summed E-state index contributed by atoms with van der Waals surface area (Å²) in [5.74, 6) is 0.735. The molecule has 1 heterocycles. The van der Waals surface area contributed by atoms with Gasteiger partial charge in [0.05, 0.1) is 0 Å². The summed E-state index contributed by atoms with van der Waals surface area (Å²) in [4.78, 5) is 15.2. The van der Waals surface area contributed by atoms with Crippen LogP contribution in [0.15, 0.2) is 65.1 Å². The van der Waals surface area contributed by atoms with E-state index in [1.165, 1.54) is 18.5 Å². The maximum absolute atomic E-state index is 12.8. The lowest BCUT2D eigenvalue weighted by molar-refractivity contribution is 0.102. The summed E-state index contributed by atoms with van der Waals surface area (Å²) >= 11 is 3.56. The van der Waals surface area contributed by atoms with E-state index in [1.54, 1.807) is 0 Å². The minimum atomic E-state index is -0.0850. The average Bonchev–Trinajstić information content (AvgIpc) is 2.69. The summed E-state index contributed by atoms with van der Waals surface area (Å²) in [6.45, 7) is 4.54. The minimum Gasteiger partial charge on any atom is -0.372 e. The van der Waals surface area contributed by atoms with Crippen molar-refractivity contribution in [2.24, 2.45) is 5.92 Å². The van der Waals surface area contributed by atoms with Crippen LogP contribution < -0.4 is 10.2 Å². The van der Waals surface area contributed by atoms with E-state index in [2.05, 4.69) is 45.2 Å². The quantitative estimate of drug-likeness (QED) is 0.553. The fraction of sp³-hybridized carbons (Fsp3) is 0.261. The molecule has 0 radical (unpaired) electrons. The highest BCUT2D eigenvalue weighted by Crippen LogP contribution is 2.28. The van der Waals surface area contributed by atoms with Crippen molar-refractivity contribution >= 4 is 44.0 Å². The van der Waals surface area contributed by atoms with Crippen molar-refractivity contribution in [1.82, 2.24) is 0 Å². The molecule has 27 heavy (non-hydrogen) atoms. The molecule has 1 amide bonds. The maximum atomic E-state index is 12.8. The second-order valence-corrected chi connectivity index (χ2v) is 8.17. The van der Waals surface area contributed by atoms with Gasteiger partial charge in [0.25, 0.3) is 5.91 Å². The Balaban J connectivity index is 1.51. The van der Waals surface area contributed by atoms with E-state index in [-0.39, 0.29) is 5.91 Å². The molecule has 4 rings (SSSR count). The number of halogens is 1. The molecule has 1 aliphatic heterocycles. The van der Waals surface area contributed by atoms with Gasteiger partial charge in [-0.1, -0.05) is 47.1 Å². The van der Waals surface area contributed by atoms with Crippen LogP contribution in [0.1, 0.15) is 30.1 Å². The Kier molecular flexibility index (Phi) is 5.17. The van der Waals surface area contributed by atoms with Gasteiger partial charge in [0.15, 0.2) is 0 Å². The molecule has 138 valence electrons. The SMILES string of the molecule is CC1CCN(c2ccc(NC(=O)c3cccc4c(Br)cccc34)cc2)CC1. The number of piperidine rings is 1. The third-order valence-electron chi connectivity index (χ3n) is 5.39. The van der Waals surface area contributed by atoms with Gasteiger partial charge in [0, 0.05) is 34.5 Å². The Labute approximate surface area is 168 Å². The molecule has 0 unspecified atom stereocenters. The van der Waals surface area contributed by atoms with Crippen LogP contribution in [-0.2, 0) is 0 Å². The van der Waals surface area contributed by atoms with Crippen molar-refractivity contribution in [3.8, 4) is 0 Å². The van der Waals surface area contributed by atoms with E-state index in [0.717, 1.165) is 39.9 Å². The summed E-state index contributed by atoms with van der Waals surface area (Å²) in [6, 6.07) is 19.9. The highest BCUT2D eigenvalue weighted by Gasteiger charge is 2.16. The standard InChI is InChI=1S/C23H23BrN2O/c1-16-12-14-26(15-13-16)18-10-8-17(9-11-18)25-23(27)21-6-2-5-20-19(21)4-3-7-22(20)24/h2-11,16H,12-15H2,1H3,(H,25,27). The van der Waals surface area contributed by atoms with E-state index in [9.17, 15) is 4.79 Å². The first-order valence-corrected chi connectivity index (χ1v) is 10.2. The summed E-state index contributed by atoms with van der Waals surface area (Å²) in [6.07, 6.45) is 2.49. The molecule has 1 saturated heterocycles. The zero-order valence-corrected chi connectivity index (χ0v) is 17.0. The second kappa shape index (κ2) is 7.73. The first-order valence-electron chi connectivity index (χ1n) is 9.45. The van der Waals surface area contributed by atoms with Crippen LogP contribution in [0.2, 0.25) is 0 Å². The molecular formula is C23H23BrN2O. The van der Waals surface area contributed by atoms with Crippen molar-refractivity contribution in [3.63, 3.8) is 0 Å². The van der Waals surface area contributed by atoms with Gasteiger partial charge in [0.1, 0.15) is 0 Å². The molecule has 0 saturated carbocycles. The van der Waals surface area contributed by atoms with Crippen LogP contribution in [0.3, 0.4) is 0 Å². The lowest BCUT2D eigenvalue weighted by Crippen LogP contribution is -2.32. The molecule has 3 aromatic carbocycles. The van der Waals surface area contributed by atoms with Gasteiger partial charge in [-0.25, -0.2) is 0 Å². The number of rotatable bonds is 3. The van der Waals surface area contributed by atoms with E-state index < -0.39 is 0 Å². The van der Waals surface area contributed by atoms with Crippen LogP contribution in [0.25, 0.3) is 10.8 Å². The number of hydrogen-bond acceptors (Lipinski definition) is 2. The summed E-state index contributed by atoms with van der Waals surface area (Å²) in [5, 5.41) is 5.02. The first kappa shape index (κ1) is 18.1. The fourth-order valence-electron chi connectivity index (χ4n) is 3.69. The molecule has 4 heteroatoms. The number of hydrogen-bond donors (Lipinski definition) is 1. The Morgan fingerprint density at radius 2 is 1.63 bits per heavy atom. The van der Waals surface area contributed by atoms with Crippen molar-refractivity contribution in [2.45, 2.75) is 19.8 Å². The van der Waals surface area contributed by atoms with Crippen LogP contribution in [0.4, 0.5) is 11.4 Å². The Morgan fingerprint density at radius 1 is 0.963 bits per heavy atom. The van der Waals surface area contributed by atoms with Crippen LogP contribution >= 0.6 is 15.9 Å². The van der Waals surface area contributed by atoms with E-state index in [0.29, 0.717) is 5.56 Å². The van der Waals surface area contributed by atoms with Crippen LogP contribution in [0, 0.1) is 5.92 Å². The molecule has 0 atom stereocenters. The van der Waals surface area contributed by atoms with E-state index >= 15 is 0 Å². The normalized spacial score (nSPS) is 15.1. The molecule has 0 bridgehead atoms. The predicted molar refractivity (Wildman–Crippen MR) is 117 cm³/mol. The van der Waals surface area contributed by atoms with E-state index in [1.807, 2.05) is 48.5 Å². The van der Waals surface area contributed by atoms with Gasteiger partial charge in [-0.2, -0.15) is 0 Å². The van der Waals surface area contributed by atoms with Gasteiger partial charge in [-0.3, -0.25) is 4.79 Å². The summed E-state index contributed by atoms with van der Waals surface area (Å²) < 4.78 is 0.995. The average molecular weight is 423 g/mol. The number of benzene rings is 3. The fourth-order valence-corrected chi connectivity index (χ4v) is 4.19. The molecule has 1 fully saturated rings. The Morgan fingerprint density at radius 3 is 2.37 bits per heavy atom. The van der Waals surface area contributed by atoms with Gasteiger partial charge < -0.3 is 10.2 Å².